The van der Waals surface area contributed by atoms with Crippen molar-refractivity contribution >= 4 is 22.5 Å². The van der Waals surface area contributed by atoms with Crippen molar-refractivity contribution in [3.05, 3.63) is 42.1 Å². The first-order valence-corrected chi connectivity index (χ1v) is 9.77. The molecule has 3 atom stereocenters. The SMILES string of the molecule is C=CC(C)(C)c1ccc2c3c(c[nH]c13)C[C@@H](CO)NC(=O)[C@H]([C@@H](C)CC)N2. The van der Waals surface area contributed by atoms with Gasteiger partial charge in [0.1, 0.15) is 6.04 Å². The van der Waals surface area contributed by atoms with Crippen LogP contribution in [0.2, 0.25) is 0 Å². The Morgan fingerprint density at radius 1 is 1.37 bits per heavy atom. The van der Waals surface area contributed by atoms with Gasteiger partial charge in [-0.15, -0.1) is 6.58 Å². The van der Waals surface area contributed by atoms with Crippen molar-refractivity contribution in [1.82, 2.24) is 10.3 Å². The minimum Gasteiger partial charge on any atom is -0.394 e. The topological polar surface area (TPSA) is 77.2 Å². The number of hydrogen-bond acceptors (Lipinski definition) is 3. The Bertz CT molecular complexity index is 853. The van der Waals surface area contributed by atoms with Crippen LogP contribution in [0, 0.1) is 5.92 Å². The first kappa shape index (κ1) is 19.5. The molecule has 0 aliphatic carbocycles. The Balaban J connectivity index is 2.21. The number of nitrogens with one attached hydrogen (secondary N) is 3. The molecule has 1 aliphatic rings. The zero-order valence-electron chi connectivity index (χ0n) is 16.7. The zero-order chi connectivity index (χ0) is 19.8. The molecule has 4 N–H and O–H groups in total. The predicted molar refractivity (Wildman–Crippen MR) is 111 cm³/mol. The van der Waals surface area contributed by atoms with Gasteiger partial charge in [0.25, 0.3) is 0 Å². The fourth-order valence-electron chi connectivity index (χ4n) is 3.83. The van der Waals surface area contributed by atoms with E-state index in [2.05, 4.69) is 62.0 Å². The van der Waals surface area contributed by atoms with Crippen molar-refractivity contribution in [1.29, 1.82) is 0 Å². The quantitative estimate of drug-likeness (QED) is 0.609. The van der Waals surface area contributed by atoms with E-state index in [1.807, 2.05) is 12.3 Å². The predicted octanol–water partition coefficient (Wildman–Crippen LogP) is 3.49. The third-order valence-electron chi connectivity index (χ3n) is 5.96. The van der Waals surface area contributed by atoms with Crippen LogP contribution in [0.3, 0.4) is 0 Å². The molecule has 146 valence electrons. The van der Waals surface area contributed by atoms with Gasteiger partial charge in [0, 0.05) is 22.7 Å². The maximum Gasteiger partial charge on any atom is 0.243 e. The Labute approximate surface area is 161 Å². The summed E-state index contributed by atoms with van der Waals surface area (Å²) in [5, 5.41) is 17.4. The van der Waals surface area contributed by atoms with Crippen LogP contribution in [0.1, 0.15) is 45.2 Å². The number of aliphatic hydroxyl groups excluding tert-OH is 1. The molecule has 3 rings (SSSR count). The first-order valence-electron chi connectivity index (χ1n) is 9.77. The van der Waals surface area contributed by atoms with E-state index in [9.17, 15) is 9.90 Å². The van der Waals surface area contributed by atoms with Crippen LogP contribution < -0.4 is 10.6 Å². The van der Waals surface area contributed by atoms with Gasteiger partial charge in [-0.25, -0.2) is 0 Å². The van der Waals surface area contributed by atoms with Crippen molar-refractivity contribution in [3.63, 3.8) is 0 Å². The van der Waals surface area contributed by atoms with Crippen LogP contribution in [-0.4, -0.2) is 34.7 Å². The molecule has 1 aromatic heterocycles. The summed E-state index contributed by atoms with van der Waals surface area (Å²) in [5.74, 6) is 0.116. The third kappa shape index (κ3) is 3.48. The lowest BCUT2D eigenvalue weighted by Gasteiger charge is -2.27. The molecule has 5 nitrogen and oxygen atoms in total. The summed E-state index contributed by atoms with van der Waals surface area (Å²) in [7, 11) is 0. The number of benzene rings is 1. The summed E-state index contributed by atoms with van der Waals surface area (Å²) < 4.78 is 0. The van der Waals surface area contributed by atoms with Gasteiger partial charge in [-0.3, -0.25) is 4.79 Å². The molecule has 0 spiro atoms. The fraction of sp³-hybridized carbons (Fsp3) is 0.500. The molecule has 2 aromatic rings. The number of allylic oxidation sites excluding steroid dienone is 1. The maximum absolute atomic E-state index is 12.8. The number of carbonyl (C=O) groups is 1. The van der Waals surface area contributed by atoms with Crippen LogP contribution in [-0.2, 0) is 16.6 Å². The number of H-pyrrole nitrogens is 1. The van der Waals surface area contributed by atoms with Gasteiger partial charge >= 0.3 is 0 Å². The molecular weight excluding hydrogens is 338 g/mol. The Morgan fingerprint density at radius 2 is 2.11 bits per heavy atom. The second-order valence-corrected chi connectivity index (χ2v) is 8.25. The molecule has 0 unspecified atom stereocenters. The van der Waals surface area contributed by atoms with Crippen LogP contribution in [0.4, 0.5) is 5.69 Å². The molecule has 2 heterocycles. The van der Waals surface area contributed by atoms with Gasteiger partial charge < -0.3 is 20.7 Å². The fourth-order valence-corrected chi connectivity index (χ4v) is 3.83. The lowest BCUT2D eigenvalue weighted by atomic mass is 9.83. The van der Waals surface area contributed by atoms with E-state index in [-0.39, 0.29) is 35.9 Å². The standard InChI is InChI=1S/C22H31N3O2/c1-6-13(3)19-21(27)24-15(12-26)10-14-11-23-20-16(22(4,5)7-2)8-9-17(25-19)18(14)20/h7-9,11,13,15,19,23,25-26H,2,6,10,12H2,1,3-5H3,(H,24,27)/t13-,15-,19-/m0/s1. The van der Waals surface area contributed by atoms with Crippen LogP contribution in [0.15, 0.2) is 31.0 Å². The summed E-state index contributed by atoms with van der Waals surface area (Å²) in [6, 6.07) is 3.54. The average Bonchev–Trinajstić information content (AvgIpc) is 3.09. The van der Waals surface area contributed by atoms with E-state index in [4.69, 9.17) is 0 Å². The summed E-state index contributed by atoms with van der Waals surface area (Å²) in [6.45, 7) is 12.4. The number of hydrogen-bond donors (Lipinski definition) is 4. The third-order valence-corrected chi connectivity index (χ3v) is 5.96. The molecule has 1 amide bonds. The van der Waals surface area contributed by atoms with Crippen LogP contribution >= 0.6 is 0 Å². The highest BCUT2D eigenvalue weighted by Gasteiger charge is 2.30. The van der Waals surface area contributed by atoms with Crippen molar-refractivity contribution in [2.45, 2.75) is 58.0 Å². The van der Waals surface area contributed by atoms with E-state index < -0.39 is 0 Å². The largest absolute Gasteiger partial charge is 0.394 e. The minimum atomic E-state index is -0.341. The normalized spacial score (nSPS) is 21.6. The second-order valence-electron chi connectivity index (χ2n) is 8.25. The van der Waals surface area contributed by atoms with Gasteiger partial charge in [-0.2, -0.15) is 0 Å². The molecule has 5 heteroatoms. The molecule has 0 radical (unpaired) electrons. The minimum absolute atomic E-state index is 0.0545. The molecule has 0 saturated heterocycles. The molecular formula is C22H31N3O2. The molecule has 0 saturated carbocycles. The summed E-state index contributed by atoms with van der Waals surface area (Å²) >= 11 is 0. The highest BCUT2D eigenvalue weighted by molar-refractivity contribution is 5.99. The Morgan fingerprint density at radius 3 is 2.74 bits per heavy atom. The highest BCUT2D eigenvalue weighted by atomic mass is 16.3. The summed E-state index contributed by atoms with van der Waals surface area (Å²) in [6.07, 6.45) is 5.43. The second kappa shape index (κ2) is 7.39. The highest BCUT2D eigenvalue weighted by Crippen LogP contribution is 2.37. The summed E-state index contributed by atoms with van der Waals surface area (Å²) in [4.78, 5) is 16.3. The average molecular weight is 370 g/mol. The van der Waals surface area contributed by atoms with Crippen molar-refractivity contribution < 1.29 is 9.90 Å². The van der Waals surface area contributed by atoms with Gasteiger partial charge in [0.05, 0.1) is 18.2 Å². The van der Waals surface area contributed by atoms with Gasteiger partial charge in [0.15, 0.2) is 0 Å². The van der Waals surface area contributed by atoms with Crippen molar-refractivity contribution in [2.75, 3.05) is 11.9 Å². The number of aliphatic hydroxyl groups is 1. The lowest BCUT2D eigenvalue weighted by Crippen LogP contribution is -2.48. The van der Waals surface area contributed by atoms with E-state index in [0.29, 0.717) is 6.42 Å². The smallest absolute Gasteiger partial charge is 0.243 e. The molecule has 1 aliphatic heterocycles. The van der Waals surface area contributed by atoms with E-state index >= 15 is 0 Å². The molecule has 27 heavy (non-hydrogen) atoms. The number of rotatable bonds is 5. The molecule has 0 bridgehead atoms. The number of anilines is 1. The van der Waals surface area contributed by atoms with Gasteiger partial charge in [0.2, 0.25) is 5.91 Å². The zero-order valence-corrected chi connectivity index (χ0v) is 16.7. The van der Waals surface area contributed by atoms with Gasteiger partial charge in [-0.1, -0.05) is 46.3 Å². The number of carbonyl (C=O) groups excluding carboxylic acids is 1. The Hall–Kier alpha value is -2.27. The number of amides is 1. The monoisotopic (exact) mass is 369 g/mol. The lowest BCUT2D eigenvalue weighted by molar-refractivity contribution is -0.123. The van der Waals surface area contributed by atoms with Crippen molar-refractivity contribution in [2.24, 2.45) is 5.92 Å². The first-order chi connectivity index (χ1) is 12.8. The number of aromatic nitrogens is 1. The van der Waals surface area contributed by atoms with E-state index in [1.54, 1.807) is 0 Å². The summed E-state index contributed by atoms with van der Waals surface area (Å²) in [5.41, 5.74) is 4.11. The van der Waals surface area contributed by atoms with E-state index in [0.717, 1.165) is 28.6 Å². The van der Waals surface area contributed by atoms with Crippen LogP contribution in [0.5, 0.6) is 0 Å². The molecule has 1 aromatic carbocycles. The Kier molecular flexibility index (Phi) is 5.33. The number of aromatic amines is 1. The maximum atomic E-state index is 12.8. The van der Waals surface area contributed by atoms with Crippen molar-refractivity contribution in [3.8, 4) is 0 Å². The van der Waals surface area contributed by atoms with Crippen LogP contribution in [0.25, 0.3) is 10.9 Å². The van der Waals surface area contributed by atoms with E-state index in [1.165, 1.54) is 5.56 Å². The van der Waals surface area contributed by atoms with Gasteiger partial charge in [-0.05, 0) is 29.5 Å². The molecule has 0 fully saturated rings.